The molecule has 0 aromatic heterocycles. The highest BCUT2D eigenvalue weighted by Gasteiger charge is 2.26. The lowest BCUT2D eigenvalue weighted by molar-refractivity contribution is -0.0483. The maximum absolute atomic E-state index is 5.76. The third-order valence-corrected chi connectivity index (χ3v) is 2.94. The Balaban J connectivity index is 0.000000980. The van der Waals surface area contributed by atoms with E-state index < -0.39 is 0 Å². The van der Waals surface area contributed by atoms with Gasteiger partial charge in [0.2, 0.25) is 0 Å². The highest BCUT2D eigenvalue weighted by atomic mass is 35.5. The Labute approximate surface area is 92.4 Å². The van der Waals surface area contributed by atoms with Gasteiger partial charge in [-0.3, -0.25) is 5.32 Å². The topological polar surface area (TPSA) is 33.3 Å². The molecular formula is C10H21ClN2O. The smallest absolute Gasteiger partial charge is 0.123 e. The van der Waals surface area contributed by atoms with E-state index in [1.807, 2.05) is 0 Å². The lowest BCUT2D eigenvalue weighted by Gasteiger charge is -2.36. The molecule has 0 aliphatic carbocycles. The van der Waals surface area contributed by atoms with Crippen LogP contribution in [0, 0.1) is 5.92 Å². The minimum absolute atomic E-state index is 0. The number of nitrogens with one attached hydrogen (secondary N) is 2. The van der Waals surface area contributed by atoms with Crippen molar-refractivity contribution in [1.29, 1.82) is 0 Å². The van der Waals surface area contributed by atoms with E-state index in [1.54, 1.807) is 0 Å². The molecule has 84 valence electrons. The number of piperidine rings is 1. The number of halogens is 1. The summed E-state index contributed by atoms with van der Waals surface area (Å²) < 4.78 is 5.76. The number of hydrogen-bond acceptors (Lipinski definition) is 3. The molecule has 2 fully saturated rings. The summed E-state index contributed by atoms with van der Waals surface area (Å²) in [6.45, 7) is 5.39. The van der Waals surface area contributed by atoms with Crippen LogP contribution in [-0.4, -0.2) is 32.0 Å². The second-order valence-electron chi connectivity index (χ2n) is 4.32. The standard InChI is InChI=1S/C10H20N2O.ClH/c1-8-6-12-10(13-7-8)9-4-2-3-5-11-9;/h8-12H,2-7H2,1H3;1H. The minimum atomic E-state index is 0. The highest BCUT2D eigenvalue weighted by Crippen LogP contribution is 2.14. The van der Waals surface area contributed by atoms with Crippen molar-refractivity contribution >= 4 is 12.4 Å². The van der Waals surface area contributed by atoms with Crippen molar-refractivity contribution in [3.63, 3.8) is 0 Å². The van der Waals surface area contributed by atoms with Gasteiger partial charge in [-0.15, -0.1) is 12.4 Å². The van der Waals surface area contributed by atoms with Crippen molar-refractivity contribution in [3.8, 4) is 0 Å². The third-order valence-electron chi connectivity index (χ3n) is 2.94. The molecule has 2 heterocycles. The normalized spacial score (nSPS) is 38.8. The molecule has 2 saturated heterocycles. The fourth-order valence-electron chi connectivity index (χ4n) is 2.10. The molecule has 0 spiro atoms. The van der Waals surface area contributed by atoms with Gasteiger partial charge in [0.1, 0.15) is 6.23 Å². The second-order valence-corrected chi connectivity index (χ2v) is 4.32. The summed E-state index contributed by atoms with van der Waals surface area (Å²) in [4.78, 5) is 0. The molecule has 0 aromatic rings. The third kappa shape index (κ3) is 3.09. The molecule has 3 atom stereocenters. The maximum atomic E-state index is 5.76. The maximum Gasteiger partial charge on any atom is 0.123 e. The first-order chi connectivity index (χ1) is 6.36. The Morgan fingerprint density at radius 1 is 1.21 bits per heavy atom. The van der Waals surface area contributed by atoms with Gasteiger partial charge in [-0.05, 0) is 25.3 Å². The molecule has 0 radical (unpaired) electrons. The summed E-state index contributed by atoms with van der Waals surface area (Å²) in [6, 6.07) is 0.543. The van der Waals surface area contributed by atoms with Crippen molar-refractivity contribution in [2.24, 2.45) is 5.92 Å². The van der Waals surface area contributed by atoms with E-state index in [9.17, 15) is 0 Å². The SMILES string of the molecule is CC1CNC(C2CCCCN2)OC1.Cl. The quantitative estimate of drug-likeness (QED) is 0.695. The highest BCUT2D eigenvalue weighted by molar-refractivity contribution is 5.85. The summed E-state index contributed by atoms with van der Waals surface area (Å²) in [5.74, 6) is 0.667. The molecule has 2 aliphatic heterocycles. The Bertz CT molecular complexity index is 154. The molecule has 4 heteroatoms. The van der Waals surface area contributed by atoms with Gasteiger partial charge in [-0.25, -0.2) is 0 Å². The van der Waals surface area contributed by atoms with Gasteiger partial charge in [0.05, 0.1) is 6.61 Å². The van der Waals surface area contributed by atoms with Crippen LogP contribution < -0.4 is 10.6 Å². The summed E-state index contributed by atoms with van der Waals surface area (Å²) in [7, 11) is 0. The van der Waals surface area contributed by atoms with E-state index in [0.717, 1.165) is 19.7 Å². The zero-order valence-corrected chi connectivity index (χ0v) is 9.61. The molecule has 3 unspecified atom stereocenters. The van der Waals surface area contributed by atoms with Crippen LogP contribution in [0.1, 0.15) is 26.2 Å². The number of rotatable bonds is 1. The Morgan fingerprint density at radius 3 is 2.64 bits per heavy atom. The number of ether oxygens (including phenoxy) is 1. The summed E-state index contributed by atoms with van der Waals surface area (Å²) in [5.41, 5.74) is 0. The van der Waals surface area contributed by atoms with Crippen molar-refractivity contribution in [2.75, 3.05) is 19.7 Å². The average Bonchev–Trinajstić information content (AvgIpc) is 2.20. The molecule has 0 saturated carbocycles. The predicted molar refractivity (Wildman–Crippen MR) is 59.8 cm³/mol. The summed E-state index contributed by atoms with van der Waals surface area (Å²) in [6.07, 6.45) is 4.18. The van der Waals surface area contributed by atoms with E-state index in [2.05, 4.69) is 17.6 Å². The number of hydrogen-bond donors (Lipinski definition) is 2. The molecule has 2 N–H and O–H groups in total. The second kappa shape index (κ2) is 5.91. The zero-order chi connectivity index (χ0) is 9.10. The first-order valence-corrected chi connectivity index (χ1v) is 5.44. The molecule has 3 nitrogen and oxygen atoms in total. The van der Waals surface area contributed by atoms with E-state index >= 15 is 0 Å². The Kier molecular flexibility index (Phi) is 5.17. The zero-order valence-electron chi connectivity index (χ0n) is 8.79. The molecule has 0 bridgehead atoms. The van der Waals surface area contributed by atoms with Gasteiger partial charge in [0.15, 0.2) is 0 Å². The van der Waals surface area contributed by atoms with Gasteiger partial charge in [0.25, 0.3) is 0 Å². The van der Waals surface area contributed by atoms with Crippen LogP contribution in [0.5, 0.6) is 0 Å². The van der Waals surface area contributed by atoms with Crippen molar-refractivity contribution in [1.82, 2.24) is 10.6 Å². The van der Waals surface area contributed by atoms with Crippen molar-refractivity contribution in [3.05, 3.63) is 0 Å². The average molecular weight is 221 g/mol. The van der Waals surface area contributed by atoms with Crippen LogP contribution in [0.25, 0.3) is 0 Å². The van der Waals surface area contributed by atoms with Crippen molar-refractivity contribution < 1.29 is 4.74 Å². The molecule has 2 rings (SSSR count). The van der Waals surface area contributed by atoms with Gasteiger partial charge in [-0.1, -0.05) is 13.3 Å². The fourth-order valence-corrected chi connectivity index (χ4v) is 2.10. The lowest BCUT2D eigenvalue weighted by Crippen LogP contribution is -2.55. The first kappa shape index (κ1) is 12.2. The van der Waals surface area contributed by atoms with Gasteiger partial charge < -0.3 is 10.1 Å². The van der Waals surface area contributed by atoms with Crippen LogP contribution in [0.2, 0.25) is 0 Å². The van der Waals surface area contributed by atoms with Gasteiger partial charge in [-0.2, -0.15) is 0 Å². The van der Waals surface area contributed by atoms with E-state index in [1.165, 1.54) is 19.3 Å². The van der Waals surface area contributed by atoms with E-state index in [-0.39, 0.29) is 18.6 Å². The summed E-state index contributed by atoms with van der Waals surface area (Å²) >= 11 is 0. The van der Waals surface area contributed by atoms with Crippen LogP contribution in [0.3, 0.4) is 0 Å². The van der Waals surface area contributed by atoms with Crippen molar-refractivity contribution in [2.45, 2.75) is 38.5 Å². The van der Waals surface area contributed by atoms with Crippen LogP contribution in [0.4, 0.5) is 0 Å². The molecule has 0 aromatic carbocycles. The minimum Gasteiger partial charge on any atom is -0.361 e. The molecular weight excluding hydrogens is 200 g/mol. The Hall–Kier alpha value is 0.170. The summed E-state index contributed by atoms with van der Waals surface area (Å²) in [5, 5.41) is 6.97. The first-order valence-electron chi connectivity index (χ1n) is 5.44. The van der Waals surface area contributed by atoms with Crippen LogP contribution in [-0.2, 0) is 4.74 Å². The predicted octanol–water partition coefficient (Wildman–Crippen LogP) is 1.13. The molecule has 14 heavy (non-hydrogen) atoms. The van der Waals surface area contributed by atoms with Crippen LogP contribution >= 0.6 is 12.4 Å². The van der Waals surface area contributed by atoms with Gasteiger partial charge >= 0.3 is 0 Å². The van der Waals surface area contributed by atoms with E-state index in [0.29, 0.717) is 12.0 Å². The fraction of sp³-hybridized carbons (Fsp3) is 1.00. The van der Waals surface area contributed by atoms with Crippen LogP contribution in [0.15, 0.2) is 0 Å². The lowest BCUT2D eigenvalue weighted by atomic mass is 10.0. The monoisotopic (exact) mass is 220 g/mol. The van der Waals surface area contributed by atoms with Gasteiger partial charge in [0, 0.05) is 12.6 Å². The largest absolute Gasteiger partial charge is 0.361 e. The molecule has 2 aliphatic rings. The molecule has 0 amide bonds. The Morgan fingerprint density at radius 2 is 2.07 bits per heavy atom. The van der Waals surface area contributed by atoms with E-state index in [4.69, 9.17) is 4.74 Å².